The number of amides is 1. The normalized spacial score (nSPS) is 19.4. The quantitative estimate of drug-likeness (QED) is 0.855. The summed E-state index contributed by atoms with van der Waals surface area (Å²) in [4.78, 5) is 21.4. The maximum Gasteiger partial charge on any atom is 0.239 e. The van der Waals surface area contributed by atoms with Gasteiger partial charge in [0.05, 0.1) is 11.4 Å². The second-order valence-electron chi connectivity index (χ2n) is 7.84. The van der Waals surface area contributed by atoms with Crippen molar-refractivity contribution in [2.75, 3.05) is 26.2 Å². The number of piperazine rings is 1. The topological polar surface area (TPSA) is 67.4 Å². The van der Waals surface area contributed by atoms with E-state index in [4.69, 9.17) is 10.7 Å². The molecule has 1 fully saturated rings. The third-order valence-corrected chi connectivity index (χ3v) is 5.98. The van der Waals surface area contributed by atoms with Crippen molar-refractivity contribution < 1.29 is 9.18 Å². The van der Waals surface area contributed by atoms with Crippen LogP contribution in [0.15, 0.2) is 24.3 Å². The molecule has 2 N–H and O–H groups in total. The molecular weight excluding hydrogens is 357 g/mol. The number of hydrogen-bond acceptors (Lipinski definition) is 4. The highest BCUT2D eigenvalue weighted by atomic mass is 19.1. The number of aryl methyl sites for hydroxylation is 2. The number of carbonyl (C=O) groups is 1. The molecule has 0 spiro atoms. The minimum Gasteiger partial charge on any atom is -0.368 e. The second kappa shape index (κ2) is 8.01. The first-order chi connectivity index (χ1) is 13.5. The first-order valence-electron chi connectivity index (χ1n) is 10.1. The zero-order valence-electron chi connectivity index (χ0n) is 16.4. The Bertz CT molecular complexity index is 839. The van der Waals surface area contributed by atoms with Crippen molar-refractivity contribution in [3.63, 3.8) is 0 Å². The van der Waals surface area contributed by atoms with Crippen LogP contribution >= 0.6 is 0 Å². The number of halogens is 1. The Morgan fingerprint density at radius 1 is 1.14 bits per heavy atom. The molecule has 1 aromatic carbocycles. The number of primary amides is 1. The van der Waals surface area contributed by atoms with Gasteiger partial charge in [0.15, 0.2) is 0 Å². The highest BCUT2D eigenvalue weighted by Gasteiger charge is 2.30. The average molecular weight is 385 g/mol. The average Bonchev–Trinajstić information content (AvgIpc) is 3.00. The Morgan fingerprint density at radius 3 is 2.54 bits per heavy atom. The van der Waals surface area contributed by atoms with E-state index in [-0.39, 0.29) is 11.7 Å². The van der Waals surface area contributed by atoms with Gasteiger partial charge in [0.25, 0.3) is 0 Å². The van der Waals surface area contributed by atoms with Crippen molar-refractivity contribution in [3.05, 3.63) is 52.9 Å². The van der Waals surface area contributed by atoms with Crippen molar-refractivity contribution in [1.82, 2.24) is 19.4 Å². The van der Waals surface area contributed by atoms with Crippen molar-refractivity contribution in [3.8, 4) is 0 Å². The molecule has 2 aromatic rings. The lowest BCUT2D eigenvalue weighted by Gasteiger charge is -2.38. The van der Waals surface area contributed by atoms with Gasteiger partial charge in [0, 0.05) is 45.7 Å². The largest absolute Gasteiger partial charge is 0.368 e. The number of imidazole rings is 1. The monoisotopic (exact) mass is 385 g/mol. The fraction of sp³-hybridized carbons (Fsp3) is 0.524. The van der Waals surface area contributed by atoms with Crippen LogP contribution in [-0.2, 0) is 24.3 Å². The standard InChI is InChI=1S/C21H28FN5O/c1-15-18(27-9-3-2-4-19(27)24-15)14-25-10-12-26(13-11-25)20(21(23)28)16-5-7-17(22)8-6-16/h5-8,20H,2-4,9-14H2,1H3,(H2,23,28)/t20-/m0/s1. The molecule has 6 nitrogen and oxygen atoms in total. The van der Waals surface area contributed by atoms with Crippen molar-refractivity contribution in [1.29, 1.82) is 0 Å². The Hall–Kier alpha value is -2.25. The van der Waals surface area contributed by atoms with E-state index < -0.39 is 6.04 Å². The van der Waals surface area contributed by atoms with Gasteiger partial charge in [-0.25, -0.2) is 9.37 Å². The van der Waals surface area contributed by atoms with E-state index in [0.29, 0.717) is 0 Å². The van der Waals surface area contributed by atoms with Crippen LogP contribution in [0.1, 0.15) is 41.7 Å². The predicted molar refractivity (Wildman–Crippen MR) is 105 cm³/mol. The fourth-order valence-corrected chi connectivity index (χ4v) is 4.47. The lowest BCUT2D eigenvalue weighted by Crippen LogP contribution is -2.50. The molecular formula is C21H28FN5O. The maximum absolute atomic E-state index is 13.2. The molecule has 28 heavy (non-hydrogen) atoms. The summed E-state index contributed by atoms with van der Waals surface area (Å²) in [5.41, 5.74) is 8.90. The summed E-state index contributed by atoms with van der Waals surface area (Å²) in [6.07, 6.45) is 3.53. The number of aromatic nitrogens is 2. The highest BCUT2D eigenvalue weighted by molar-refractivity contribution is 5.81. The number of rotatable bonds is 5. The fourth-order valence-electron chi connectivity index (χ4n) is 4.47. The van der Waals surface area contributed by atoms with E-state index in [0.717, 1.165) is 56.9 Å². The molecule has 0 saturated carbocycles. The van der Waals surface area contributed by atoms with E-state index in [1.807, 2.05) is 0 Å². The number of carbonyl (C=O) groups excluding carboxylic acids is 1. The SMILES string of the molecule is Cc1nc2n(c1CN1CCN([C@H](C(N)=O)c3ccc(F)cc3)CC1)CCCC2. The molecule has 7 heteroatoms. The summed E-state index contributed by atoms with van der Waals surface area (Å²) in [5.74, 6) is 0.527. The van der Waals surface area contributed by atoms with Gasteiger partial charge >= 0.3 is 0 Å². The lowest BCUT2D eigenvalue weighted by atomic mass is 10.0. The van der Waals surface area contributed by atoms with E-state index in [9.17, 15) is 9.18 Å². The van der Waals surface area contributed by atoms with Gasteiger partial charge in [0.2, 0.25) is 5.91 Å². The molecule has 2 aliphatic rings. The minimum absolute atomic E-state index is 0.309. The molecule has 2 aliphatic heterocycles. The van der Waals surface area contributed by atoms with Crippen molar-refractivity contribution >= 4 is 5.91 Å². The molecule has 0 unspecified atom stereocenters. The summed E-state index contributed by atoms with van der Waals surface area (Å²) < 4.78 is 15.6. The van der Waals surface area contributed by atoms with Gasteiger partial charge in [-0.3, -0.25) is 14.6 Å². The molecule has 0 aliphatic carbocycles. The zero-order chi connectivity index (χ0) is 19.7. The van der Waals surface area contributed by atoms with Gasteiger partial charge < -0.3 is 10.3 Å². The summed E-state index contributed by atoms with van der Waals surface area (Å²) in [7, 11) is 0. The summed E-state index contributed by atoms with van der Waals surface area (Å²) >= 11 is 0. The molecule has 150 valence electrons. The van der Waals surface area contributed by atoms with Crippen molar-refractivity contribution in [2.45, 2.75) is 45.3 Å². The number of benzene rings is 1. The smallest absolute Gasteiger partial charge is 0.239 e. The number of nitrogens with two attached hydrogens (primary N) is 1. The van der Waals surface area contributed by atoms with Crippen LogP contribution in [0.3, 0.4) is 0 Å². The van der Waals surface area contributed by atoms with Gasteiger partial charge in [0.1, 0.15) is 17.7 Å². The Balaban J connectivity index is 1.42. The van der Waals surface area contributed by atoms with Crippen molar-refractivity contribution in [2.24, 2.45) is 5.73 Å². The minimum atomic E-state index is -0.507. The van der Waals surface area contributed by atoms with E-state index in [1.165, 1.54) is 36.5 Å². The number of fused-ring (bicyclic) bond motifs is 1. The summed E-state index contributed by atoms with van der Waals surface area (Å²) in [6.45, 7) is 7.31. The predicted octanol–water partition coefficient (Wildman–Crippen LogP) is 2.01. The molecule has 1 aromatic heterocycles. The third-order valence-electron chi connectivity index (χ3n) is 5.98. The maximum atomic E-state index is 13.2. The molecule has 1 amide bonds. The Morgan fingerprint density at radius 2 is 1.86 bits per heavy atom. The number of hydrogen-bond donors (Lipinski definition) is 1. The van der Waals surface area contributed by atoms with E-state index in [2.05, 4.69) is 21.3 Å². The molecule has 0 bridgehead atoms. The van der Waals surface area contributed by atoms with E-state index >= 15 is 0 Å². The van der Waals surface area contributed by atoms with E-state index in [1.54, 1.807) is 12.1 Å². The first kappa shape index (κ1) is 19.1. The van der Waals surface area contributed by atoms with Gasteiger partial charge in [-0.2, -0.15) is 0 Å². The molecule has 0 radical (unpaired) electrons. The number of nitrogens with zero attached hydrogens (tertiary/aromatic N) is 4. The van der Waals surface area contributed by atoms with Gasteiger partial charge in [-0.05, 0) is 37.5 Å². The summed E-state index contributed by atoms with van der Waals surface area (Å²) in [6, 6.07) is 5.56. The van der Waals surface area contributed by atoms with Crippen LogP contribution < -0.4 is 5.73 Å². The summed E-state index contributed by atoms with van der Waals surface area (Å²) in [5, 5.41) is 0. The second-order valence-corrected chi connectivity index (χ2v) is 7.84. The third kappa shape index (κ3) is 3.82. The van der Waals surface area contributed by atoms with Crippen LogP contribution in [0, 0.1) is 12.7 Å². The van der Waals surface area contributed by atoms with Crippen LogP contribution in [0.4, 0.5) is 4.39 Å². The Labute approximate surface area is 165 Å². The van der Waals surface area contributed by atoms with Gasteiger partial charge in [-0.1, -0.05) is 12.1 Å². The van der Waals surface area contributed by atoms with Crippen LogP contribution in [0.25, 0.3) is 0 Å². The highest BCUT2D eigenvalue weighted by Crippen LogP contribution is 2.25. The van der Waals surface area contributed by atoms with Crippen LogP contribution in [-0.4, -0.2) is 51.4 Å². The lowest BCUT2D eigenvalue weighted by molar-refractivity contribution is -0.124. The van der Waals surface area contributed by atoms with Gasteiger partial charge in [-0.15, -0.1) is 0 Å². The van der Waals surface area contributed by atoms with Crippen LogP contribution in [0.5, 0.6) is 0 Å². The molecule has 1 atom stereocenters. The first-order valence-corrected chi connectivity index (χ1v) is 10.1. The molecule has 1 saturated heterocycles. The Kier molecular flexibility index (Phi) is 5.46. The zero-order valence-corrected chi connectivity index (χ0v) is 16.4. The molecule has 4 rings (SSSR count). The van der Waals surface area contributed by atoms with Crippen LogP contribution in [0.2, 0.25) is 0 Å². The molecule has 3 heterocycles.